The number of aromatic nitrogens is 1. The Balaban J connectivity index is 0.000000243. The molecule has 0 amide bonds. The van der Waals surface area contributed by atoms with Gasteiger partial charge in [0.2, 0.25) is 0 Å². The number of hydrogen-bond acceptors (Lipinski definition) is 3. The Hall–Kier alpha value is -1.76. The molecule has 0 aliphatic carbocycles. The van der Waals surface area contributed by atoms with Crippen LogP contribution >= 0.6 is 0 Å². The molecule has 1 aromatic heterocycles. The molecule has 0 spiro atoms. The zero-order chi connectivity index (χ0) is 18.0. The molecular formula is C18H27N2O3S+. The lowest BCUT2D eigenvalue weighted by atomic mass is 10.2. The number of hydrogen-bond donors (Lipinski definition) is 1. The zero-order valence-electron chi connectivity index (χ0n) is 14.6. The van der Waals surface area contributed by atoms with E-state index in [4.69, 9.17) is 4.55 Å². The van der Waals surface area contributed by atoms with E-state index in [1.54, 1.807) is 12.1 Å². The van der Waals surface area contributed by atoms with Crippen LogP contribution in [0.3, 0.4) is 0 Å². The minimum absolute atomic E-state index is 0.0666. The molecule has 5 nitrogen and oxygen atoms in total. The highest BCUT2D eigenvalue weighted by Gasteiger charge is 2.06. The molecule has 0 bridgehead atoms. The molecule has 0 aliphatic rings. The van der Waals surface area contributed by atoms with Crippen LogP contribution in [-0.2, 0) is 16.7 Å². The molecule has 24 heavy (non-hydrogen) atoms. The van der Waals surface area contributed by atoms with Crippen molar-refractivity contribution in [2.75, 3.05) is 19.6 Å². The third-order valence-electron chi connectivity index (χ3n) is 3.67. The molecule has 2 aromatic rings. The molecule has 1 aromatic carbocycles. The number of benzene rings is 1. The van der Waals surface area contributed by atoms with Crippen molar-refractivity contribution in [1.29, 1.82) is 0 Å². The van der Waals surface area contributed by atoms with Crippen LogP contribution in [0.4, 0.5) is 0 Å². The second-order valence-electron chi connectivity index (χ2n) is 5.43. The smallest absolute Gasteiger partial charge is 0.294 e. The van der Waals surface area contributed by atoms with Gasteiger partial charge in [0.1, 0.15) is 0 Å². The average Bonchev–Trinajstić information content (AvgIpc) is 2.57. The molecule has 0 saturated heterocycles. The van der Waals surface area contributed by atoms with Crippen molar-refractivity contribution >= 4 is 10.1 Å². The lowest BCUT2D eigenvalue weighted by Crippen LogP contribution is -2.39. The van der Waals surface area contributed by atoms with Crippen molar-refractivity contribution in [2.24, 2.45) is 0 Å². The van der Waals surface area contributed by atoms with Crippen molar-refractivity contribution < 1.29 is 17.5 Å². The monoisotopic (exact) mass is 351 g/mol. The summed E-state index contributed by atoms with van der Waals surface area (Å²) in [5.74, 6) is 0. The summed E-state index contributed by atoms with van der Waals surface area (Å²) in [4.78, 5) is 2.36. The van der Waals surface area contributed by atoms with Crippen molar-refractivity contribution in [3.05, 3.63) is 60.4 Å². The second-order valence-corrected chi connectivity index (χ2v) is 6.85. The van der Waals surface area contributed by atoms with Crippen LogP contribution in [0.15, 0.2) is 59.8 Å². The summed E-state index contributed by atoms with van der Waals surface area (Å²) in [5.41, 5.74) is 0.956. The van der Waals surface area contributed by atoms with E-state index in [0.717, 1.165) is 31.7 Å². The highest BCUT2D eigenvalue weighted by atomic mass is 32.2. The largest absolute Gasteiger partial charge is 0.298 e. The zero-order valence-corrected chi connectivity index (χ0v) is 15.4. The molecule has 0 fully saturated rings. The van der Waals surface area contributed by atoms with Crippen LogP contribution in [0.2, 0.25) is 0 Å². The van der Waals surface area contributed by atoms with Crippen LogP contribution in [0, 0.1) is 6.92 Å². The maximum atomic E-state index is 10.5. The molecule has 6 heteroatoms. The van der Waals surface area contributed by atoms with E-state index >= 15 is 0 Å². The fraction of sp³-hybridized carbons (Fsp3) is 0.389. The Bertz CT molecular complexity index is 682. The third kappa shape index (κ3) is 7.68. The fourth-order valence-corrected chi connectivity index (χ4v) is 2.57. The first-order chi connectivity index (χ1) is 11.4. The van der Waals surface area contributed by atoms with Crippen LogP contribution in [0.1, 0.15) is 19.4 Å². The maximum Gasteiger partial charge on any atom is 0.294 e. The molecule has 0 unspecified atom stereocenters. The summed E-state index contributed by atoms with van der Waals surface area (Å²) in [5, 5.41) is 0. The summed E-state index contributed by atoms with van der Waals surface area (Å²) >= 11 is 0. The topological polar surface area (TPSA) is 61.5 Å². The van der Waals surface area contributed by atoms with E-state index in [-0.39, 0.29) is 4.90 Å². The molecule has 1 heterocycles. The predicted octanol–water partition coefficient (Wildman–Crippen LogP) is 2.56. The van der Waals surface area contributed by atoms with Gasteiger partial charge in [0.15, 0.2) is 18.9 Å². The standard InChI is InChI=1S/C11H19N2.C7H8O3S/c1-3-12(4-2)10-11-13-8-6-5-7-9-13;1-6-2-4-7(5-3-6)11(8,9)10/h5-9H,3-4,10-11H2,1-2H3;2-5H,1H3,(H,8,9,10)/q+1;. The number of nitrogens with zero attached hydrogens (tertiary/aromatic N) is 2. The van der Waals surface area contributed by atoms with E-state index in [1.165, 1.54) is 12.1 Å². The van der Waals surface area contributed by atoms with Gasteiger partial charge in [-0.2, -0.15) is 8.42 Å². The molecule has 0 radical (unpaired) electrons. The highest BCUT2D eigenvalue weighted by Crippen LogP contribution is 2.08. The molecule has 1 N–H and O–H groups in total. The van der Waals surface area contributed by atoms with E-state index in [1.807, 2.05) is 13.0 Å². The van der Waals surface area contributed by atoms with Crippen molar-refractivity contribution in [2.45, 2.75) is 32.2 Å². The highest BCUT2D eigenvalue weighted by molar-refractivity contribution is 7.85. The van der Waals surface area contributed by atoms with Gasteiger partial charge in [-0.1, -0.05) is 37.6 Å². The molecule has 0 aliphatic heterocycles. The number of rotatable bonds is 6. The van der Waals surface area contributed by atoms with Crippen molar-refractivity contribution in [3.8, 4) is 0 Å². The maximum absolute atomic E-state index is 10.5. The van der Waals surface area contributed by atoms with E-state index in [9.17, 15) is 8.42 Å². The van der Waals surface area contributed by atoms with Gasteiger partial charge >= 0.3 is 0 Å². The van der Waals surface area contributed by atoms with Gasteiger partial charge < -0.3 is 0 Å². The van der Waals surface area contributed by atoms with Gasteiger partial charge in [-0.25, -0.2) is 4.57 Å². The Morgan fingerprint density at radius 1 is 1.00 bits per heavy atom. The summed E-state index contributed by atoms with van der Waals surface area (Å²) in [6, 6.07) is 12.2. The summed E-state index contributed by atoms with van der Waals surface area (Å²) in [7, 11) is -4.02. The predicted molar refractivity (Wildman–Crippen MR) is 95.4 cm³/mol. The van der Waals surface area contributed by atoms with Gasteiger partial charge in [0.05, 0.1) is 11.4 Å². The molecule has 132 valence electrons. The van der Waals surface area contributed by atoms with Gasteiger partial charge in [-0.3, -0.25) is 9.45 Å². The Morgan fingerprint density at radius 2 is 1.54 bits per heavy atom. The Labute approximate surface area is 145 Å². The van der Waals surface area contributed by atoms with E-state index in [2.05, 4.69) is 47.8 Å². The number of likely N-dealkylation sites (N-methyl/N-ethyl adjacent to an activating group) is 1. The lowest BCUT2D eigenvalue weighted by Gasteiger charge is -2.15. The SMILES string of the molecule is CCN(CC)CC[n+]1ccccc1.Cc1ccc(S(=O)(=O)O)cc1. The summed E-state index contributed by atoms with van der Waals surface area (Å²) in [6.45, 7) is 10.8. The second kappa shape index (κ2) is 10.2. The first-order valence-electron chi connectivity index (χ1n) is 8.07. The normalized spacial score (nSPS) is 11.0. The molecule has 2 rings (SSSR count). The fourth-order valence-electron chi connectivity index (χ4n) is 2.09. The van der Waals surface area contributed by atoms with Gasteiger partial charge in [0.25, 0.3) is 10.1 Å². The minimum Gasteiger partial charge on any atom is -0.298 e. The van der Waals surface area contributed by atoms with Crippen LogP contribution in [-0.4, -0.2) is 37.5 Å². The lowest BCUT2D eigenvalue weighted by molar-refractivity contribution is -0.696. The Kier molecular flexibility index (Phi) is 8.60. The number of aryl methyl sites for hydroxylation is 1. The van der Waals surface area contributed by atoms with Crippen molar-refractivity contribution in [1.82, 2.24) is 4.90 Å². The van der Waals surface area contributed by atoms with Gasteiger partial charge in [-0.05, 0) is 32.1 Å². The van der Waals surface area contributed by atoms with Gasteiger partial charge in [-0.15, -0.1) is 0 Å². The van der Waals surface area contributed by atoms with E-state index < -0.39 is 10.1 Å². The first kappa shape index (κ1) is 20.3. The average molecular weight is 351 g/mol. The minimum atomic E-state index is -4.02. The molecular weight excluding hydrogens is 324 g/mol. The van der Waals surface area contributed by atoms with Gasteiger partial charge in [0, 0.05) is 12.1 Å². The van der Waals surface area contributed by atoms with Crippen LogP contribution in [0.5, 0.6) is 0 Å². The number of pyridine rings is 1. The Morgan fingerprint density at radius 3 is 2.00 bits per heavy atom. The summed E-state index contributed by atoms with van der Waals surface area (Å²) in [6.07, 6.45) is 4.23. The van der Waals surface area contributed by atoms with Crippen molar-refractivity contribution in [3.63, 3.8) is 0 Å². The van der Waals surface area contributed by atoms with Crippen LogP contribution in [0.25, 0.3) is 0 Å². The quantitative estimate of drug-likeness (QED) is 0.642. The van der Waals surface area contributed by atoms with E-state index in [0.29, 0.717) is 0 Å². The summed E-state index contributed by atoms with van der Waals surface area (Å²) < 4.78 is 31.8. The van der Waals surface area contributed by atoms with Crippen LogP contribution < -0.4 is 4.57 Å². The first-order valence-corrected chi connectivity index (χ1v) is 9.51. The third-order valence-corrected chi connectivity index (χ3v) is 4.53. The molecule has 0 atom stereocenters. The molecule has 0 saturated carbocycles.